The van der Waals surface area contributed by atoms with Gasteiger partial charge in [-0.25, -0.2) is 9.59 Å². The van der Waals surface area contributed by atoms with Crippen LogP contribution in [-0.4, -0.2) is 22.2 Å². The Kier molecular flexibility index (Phi) is 17.1. The van der Waals surface area contributed by atoms with Crippen LogP contribution in [-0.2, 0) is 9.59 Å². The first-order chi connectivity index (χ1) is 11.4. The van der Waals surface area contributed by atoms with E-state index in [0.29, 0.717) is 0 Å². The molecule has 25 heavy (non-hydrogen) atoms. The van der Waals surface area contributed by atoms with Crippen LogP contribution < -0.4 is 29.6 Å². The standard InChI is InChI=1S/C20H36O4.Na.H/c1-5-7-9-11-13-15(3)17(19(21)22)18(20(23)24)16(4)14-12-10-8-6-2;;/h15-16H,5-14H2,1-4H3,(H,21,22)(H,23,24);;/q;+1;-1/b18-17-;;. The Hall–Kier alpha value is -0.320. The Labute approximate surface area is 177 Å². The largest absolute Gasteiger partial charge is 1.00 e. The maximum Gasteiger partial charge on any atom is 1.00 e. The average molecular weight is 365 g/mol. The van der Waals surface area contributed by atoms with Gasteiger partial charge in [0.2, 0.25) is 0 Å². The van der Waals surface area contributed by atoms with E-state index in [4.69, 9.17) is 0 Å². The summed E-state index contributed by atoms with van der Waals surface area (Å²) in [6, 6.07) is 0. The van der Waals surface area contributed by atoms with Crippen LogP contribution in [0, 0.1) is 11.8 Å². The molecule has 0 aromatic rings. The zero-order valence-corrected chi connectivity index (χ0v) is 18.9. The minimum Gasteiger partial charge on any atom is -1.00 e. The summed E-state index contributed by atoms with van der Waals surface area (Å²) in [6.07, 6.45) is 10.0. The van der Waals surface area contributed by atoms with E-state index < -0.39 is 11.9 Å². The van der Waals surface area contributed by atoms with Crippen molar-refractivity contribution in [1.29, 1.82) is 0 Å². The second-order valence-corrected chi connectivity index (χ2v) is 6.94. The number of hydrogen-bond donors (Lipinski definition) is 2. The summed E-state index contributed by atoms with van der Waals surface area (Å²) in [4.78, 5) is 23.5. The molecule has 0 saturated heterocycles. The first kappa shape index (κ1) is 26.9. The van der Waals surface area contributed by atoms with E-state index in [1.807, 2.05) is 13.8 Å². The van der Waals surface area contributed by atoms with Gasteiger partial charge in [0.1, 0.15) is 0 Å². The van der Waals surface area contributed by atoms with Crippen LogP contribution in [0.5, 0.6) is 0 Å². The molecule has 0 aromatic carbocycles. The Bertz CT molecular complexity index is 386. The average Bonchev–Trinajstić information content (AvgIpc) is 2.52. The Balaban J connectivity index is -0.00000264. The monoisotopic (exact) mass is 364 g/mol. The molecule has 0 saturated carbocycles. The number of hydrogen-bond acceptors (Lipinski definition) is 2. The van der Waals surface area contributed by atoms with Gasteiger partial charge in [-0.2, -0.15) is 0 Å². The molecule has 2 atom stereocenters. The number of aliphatic carboxylic acids is 2. The molecule has 0 radical (unpaired) electrons. The number of unbranched alkanes of at least 4 members (excludes halogenated alkanes) is 6. The molecule has 142 valence electrons. The molecule has 0 aromatic heterocycles. The minimum absolute atomic E-state index is 0. The molecular weight excluding hydrogens is 327 g/mol. The molecule has 0 amide bonds. The van der Waals surface area contributed by atoms with Gasteiger partial charge in [0.05, 0.1) is 11.1 Å². The smallest absolute Gasteiger partial charge is 1.00 e. The van der Waals surface area contributed by atoms with Gasteiger partial charge in [-0.15, -0.1) is 0 Å². The van der Waals surface area contributed by atoms with Gasteiger partial charge in [0, 0.05) is 0 Å². The van der Waals surface area contributed by atoms with Gasteiger partial charge < -0.3 is 11.6 Å². The van der Waals surface area contributed by atoms with E-state index in [9.17, 15) is 19.8 Å². The number of carbonyl (C=O) groups is 2. The van der Waals surface area contributed by atoms with Crippen molar-refractivity contribution in [3.8, 4) is 0 Å². The zero-order chi connectivity index (χ0) is 18.5. The topological polar surface area (TPSA) is 74.6 Å². The van der Waals surface area contributed by atoms with Crippen molar-refractivity contribution in [2.75, 3.05) is 0 Å². The summed E-state index contributed by atoms with van der Waals surface area (Å²) in [5, 5.41) is 19.2. The van der Waals surface area contributed by atoms with Crippen molar-refractivity contribution >= 4 is 11.9 Å². The molecule has 0 rings (SSSR count). The van der Waals surface area contributed by atoms with Gasteiger partial charge in [-0.3, -0.25) is 0 Å². The van der Waals surface area contributed by atoms with Crippen LogP contribution in [0.2, 0.25) is 0 Å². The van der Waals surface area contributed by atoms with E-state index in [0.717, 1.165) is 64.2 Å². The summed E-state index contributed by atoms with van der Waals surface area (Å²) in [5.74, 6) is -2.58. The molecular formula is C20H37NaO4. The van der Waals surface area contributed by atoms with Gasteiger partial charge in [-0.05, 0) is 24.7 Å². The predicted molar refractivity (Wildman–Crippen MR) is 99.3 cm³/mol. The molecule has 0 spiro atoms. The normalized spacial score (nSPS) is 14.2. The van der Waals surface area contributed by atoms with Crippen molar-refractivity contribution < 1.29 is 50.8 Å². The van der Waals surface area contributed by atoms with Gasteiger partial charge in [0.15, 0.2) is 0 Å². The Morgan fingerprint density at radius 2 is 1.04 bits per heavy atom. The second-order valence-electron chi connectivity index (χ2n) is 6.94. The SMILES string of the molecule is CCCCCCC(C)/C(C(=O)O)=C(/C(=O)O)C(C)CCCCCC.[H-].[Na+]. The molecule has 2 unspecified atom stereocenters. The Morgan fingerprint density at radius 3 is 1.28 bits per heavy atom. The van der Waals surface area contributed by atoms with Crippen LogP contribution in [0.25, 0.3) is 0 Å². The third kappa shape index (κ3) is 11.1. The molecule has 0 aliphatic heterocycles. The Morgan fingerprint density at radius 1 is 0.720 bits per heavy atom. The molecule has 0 bridgehead atoms. The number of carboxylic acid groups (broad SMARTS) is 2. The maximum absolute atomic E-state index is 11.7. The van der Waals surface area contributed by atoms with E-state index in [1.165, 1.54) is 0 Å². The summed E-state index contributed by atoms with van der Waals surface area (Å²) >= 11 is 0. The zero-order valence-electron chi connectivity index (χ0n) is 17.9. The van der Waals surface area contributed by atoms with Crippen LogP contribution in [0.4, 0.5) is 0 Å². The summed E-state index contributed by atoms with van der Waals surface area (Å²) in [7, 11) is 0. The van der Waals surface area contributed by atoms with Crippen molar-refractivity contribution in [3.05, 3.63) is 11.1 Å². The van der Waals surface area contributed by atoms with E-state index in [2.05, 4.69) is 13.8 Å². The molecule has 0 aliphatic rings. The first-order valence-electron chi connectivity index (χ1n) is 9.57. The number of carboxylic acids is 2. The summed E-state index contributed by atoms with van der Waals surface area (Å²) in [6.45, 7) is 7.97. The molecule has 0 heterocycles. The van der Waals surface area contributed by atoms with Crippen molar-refractivity contribution in [2.24, 2.45) is 11.8 Å². The van der Waals surface area contributed by atoms with Crippen molar-refractivity contribution in [2.45, 2.75) is 91.9 Å². The molecule has 0 fully saturated rings. The van der Waals surface area contributed by atoms with Crippen LogP contribution >= 0.6 is 0 Å². The molecule has 5 heteroatoms. The minimum atomic E-state index is -1.07. The van der Waals surface area contributed by atoms with Gasteiger partial charge >= 0.3 is 41.5 Å². The van der Waals surface area contributed by atoms with Gasteiger partial charge in [0.25, 0.3) is 0 Å². The molecule has 2 N–H and O–H groups in total. The first-order valence-corrected chi connectivity index (χ1v) is 9.57. The fraction of sp³-hybridized carbons (Fsp3) is 0.800. The summed E-state index contributed by atoms with van der Waals surface area (Å²) < 4.78 is 0. The summed E-state index contributed by atoms with van der Waals surface area (Å²) in [5.41, 5.74) is 0.226. The van der Waals surface area contributed by atoms with E-state index in [1.54, 1.807) is 0 Å². The molecule has 4 nitrogen and oxygen atoms in total. The third-order valence-corrected chi connectivity index (χ3v) is 4.72. The van der Waals surface area contributed by atoms with Crippen molar-refractivity contribution in [1.82, 2.24) is 0 Å². The van der Waals surface area contributed by atoms with Crippen LogP contribution in [0.3, 0.4) is 0 Å². The predicted octanol–water partition coefficient (Wildman–Crippen LogP) is 2.78. The van der Waals surface area contributed by atoms with Crippen molar-refractivity contribution in [3.63, 3.8) is 0 Å². The van der Waals surface area contributed by atoms with E-state index >= 15 is 0 Å². The van der Waals surface area contributed by atoms with Gasteiger partial charge in [-0.1, -0.05) is 79.1 Å². The number of rotatable bonds is 14. The second kappa shape index (κ2) is 15.9. The fourth-order valence-corrected chi connectivity index (χ4v) is 3.23. The molecule has 0 aliphatic carbocycles. The quantitative estimate of drug-likeness (QED) is 0.282. The third-order valence-electron chi connectivity index (χ3n) is 4.72. The van der Waals surface area contributed by atoms with Crippen LogP contribution in [0.1, 0.15) is 93.3 Å². The van der Waals surface area contributed by atoms with E-state index in [-0.39, 0.29) is 54.0 Å². The fourth-order valence-electron chi connectivity index (χ4n) is 3.23. The maximum atomic E-state index is 11.7. The van der Waals surface area contributed by atoms with Crippen LogP contribution in [0.15, 0.2) is 11.1 Å².